The molecule has 0 aromatic heterocycles. The maximum atomic E-state index is 11.0. The molecule has 0 amide bonds. The van der Waals surface area contributed by atoms with Gasteiger partial charge in [-0.3, -0.25) is 4.79 Å². The summed E-state index contributed by atoms with van der Waals surface area (Å²) in [4.78, 5) is 11.0. The van der Waals surface area contributed by atoms with Gasteiger partial charge in [0.05, 0.1) is 6.42 Å². The molecule has 1 heteroatoms. The first kappa shape index (κ1) is 10.2. The fourth-order valence-corrected chi connectivity index (χ4v) is 0.848. The summed E-state index contributed by atoms with van der Waals surface area (Å²) in [6.45, 7) is 3.90. The fraction of sp³-hybridized carbons (Fsp3) is 0.700. The first-order valence-corrected chi connectivity index (χ1v) is 4.22. The maximum absolute atomic E-state index is 11.0. The van der Waals surface area contributed by atoms with Crippen molar-refractivity contribution in [3.05, 3.63) is 0 Å². The second kappa shape index (κ2) is 7.34. The predicted molar refractivity (Wildman–Crippen MR) is 47.2 cm³/mol. The molecule has 0 aromatic rings. The van der Waals surface area contributed by atoms with Crippen LogP contribution in [0.25, 0.3) is 0 Å². The quantitative estimate of drug-likeness (QED) is 0.437. The summed E-state index contributed by atoms with van der Waals surface area (Å²) >= 11 is 0. The van der Waals surface area contributed by atoms with Crippen molar-refractivity contribution in [1.82, 2.24) is 0 Å². The number of ketones is 1. The number of hydrogen-bond acceptors (Lipinski definition) is 1. The summed E-state index contributed by atoms with van der Waals surface area (Å²) in [5.41, 5.74) is 0. The lowest BCUT2D eigenvalue weighted by molar-refractivity contribution is -0.118. The van der Waals surface area contributed by atoms with E-state index in [1.54, 1.807) is 6.92 Å². The van der Waals surface area contributed by atoms with Crippen molar-refractivity contribution in [2.75, 3.05) is 0 Å². The zero-order chi connectivity index (χ0) is 8.53. The Kier molecular flexibility index (Phi) is 6.82. The van der Waals surface area contributed by atoms with E-state index in [0.29, 0.717) is 12.8 Å². The first-order chi connectivity index (χ1) is 5.31. The minimum atomic E-state index is 0.285. The van der Waals surface area contributed by atoms with Crippen molar-refractivity contribution < 1.29 is 4.79 Å². The summed E-state index contributed by atoms with van der Waals surface area (Å²) in [7, 11) is 0. The fourth-order valence-electron chi connectivity index (χ4n) is 0.848. The van der Waals surface area contributed by atoms with Gasteiger partial charge in [0.1, 0.15) is 5.78 Å². The highest BCUT2D eigenvalue weighted by Crippen LogP contribution is 2.00. The number of carbonyl (C=O) groups excluding carboxylic acids is 1. The van der Waals surface area contributed by atoms with Gasteiger partial charge in [0.25, 0.3) is 0 Å². The van der Waals surface area contributed by atoms with Crippen LogP contribution in [0.3, 0.4) is 0 Å². The number of rotatable bonds is 5. The molecule has 0 saturated carbocycles. The van der Waals surface area contributed by atoms with Crippen LogP contribution in [0.5, 0.6) is 0 Å². The minimum Gasteiger partial charge on any atom is -0.299 e. The zero-order valence-electron chi connectivity index (χ0n) is 7.44. The van der Waals surface area contributed by atoms with Crippen LogP contribution in [-0.2, 0) is 4.79 Å². The molecule has 0 atom stereocenters. The van der Waals surface area contributed by atoms with Gasteiger partial charge in [-0.25, -0.2) is 0 Å². The Morgan fingerprint density at radius 3 is 2.64 bits per heavy atom. The van der Waals surface area contributed by atoms with E-state index in [4.69, 9.17) is 0 Å². The smallest absolute Gasteiger partial charge is 0.144 e. The SMILES string of the molecule is CC#CCC(=O)CCCCC. The van der Waals surface area contributed by atoms with E-state index in [0.717, 1.165) is 12.8 Å². The van der Waals surface area contributed by atoms with Gasteiger partial charge >= 0.3 is 0 Å². The molecular formula is C10H16O. The van der Waals surface area contributed by atoms with Gasteiger partial charge in [-0.2, -0.15) is 0 Å². The van der Waals surface area contributed by atoms with Gasteiger partial charge in [0, 0.05) is 6.42 Å². The summed E-state index contributed by atoms with van der Waals surface area (Å²) in [5.74, 6) is 5.78. The number of hydrogen-bond donors (Lipinski definition) is 0. The number of Topliss-reactive ketones (excluding diaryl/α,β-unsaturated/α-hetero) is 1. The van der Waals surface area contributed by atoms with Crippen molar-refractivity contribution in [3.8, 4) is 11.8 Å². The first-order valence-electron chi connectivity index (χ1n) is 4.22. The molecule has 0 fully saturated rings. The lowest BCUT2D eigenvalue weighted by atomic mass is 10.1. The van der Waals surface area contributed by atoms with E-state index >= 15 is 0 Å². The molecule has 0 saturated heterocycles. The van der Waals surface area contributed by atoms with Gasteiger partial charge in [0.2, 0.25) is 0 Å². The van der Waals surface area contributed by atoms with Crippen molar-refractivity contribution >= 4 is 5.78 Å². The zero-order valence-corrected chi connectivity index (χ0v) is 7.44. The molecule has 0 aliphatic rings. The summed E-state index contributed by atoms with van der Waals surface area (Å²) < 4.78 is 0. The molecular weight excluding hydrogens is 136 g/mol. The second-order valence-electron chi connectivity index (χ2n) is 2.60. The van der Waals surface area contributed by atoms with E-state index < -0.39 is 0 Å². The standard InChI is InChI=1S/C10H16O/c1-3-5-7-9-10(11)8-6-4-2/h3,5,7-9H2,1-2H3. The largest absolute Gasteiger partial charge is 0.299 e. The predicted octanol–water partition coefficient (Wildman–Crippen LogP) is 2.55. The molecule has 0 aromatic carbocycles. The van der Waals surface area contributed by atoms with Crippen LogP contribution in [-0.4, -0.2) is 5.78 Å². The van der Waals surface area contributed by atoms with Crippen LogP contribution in [0.2, 0.25) is 0 Å². The highest BCUT2D eigenvalue weighted by Gasteiger charge is 1.97. The molecule has 0 heterocycles. The summed E-state index contributed by atoms with van der Waals surface area (Å²) in [6, 6.07) is 0. The van der Waals surface area contributed by atoms with Gasteiger partial charge in [-0.15, -0.1) is 5.92 Å². The Morgan fingerprint density at radius 2 is 2.09 bits per heavy atom. The van der Waals surface area contributed by atoms with Crippen LogP contribution >= 0.6 is 0 Å². The molecule has 0 bridgehead atoms. The Bertz CT molecular complexity index is 159. The van der Waals surface area contributed by atoms with E-state index in [2.05, 4.69) is 18.8 Å². The third-order valence-electron chi connectivity index (χ3n) is 1.52. The molecule has 0 unspecified atom stereocenters. The second-order valence-corrected chi connectivity index (χ2v) is 2.60. The van der Waals surface area contributed by atoms with Crippen molar-refractivity contribution in [1.29, 1.82) is 0 Å². The monoisotopic (exact) mass is 152 g/mol. The number of unbranched alkanes of at least 4 members (excludes halogenated alkanes) is 2. The van der Waals surface area contributed by atoms with Crippen LogP contribution in [0.15, 0.2) is 0 Å². The maximum Gasteiger partial charge on any atom is 0.144 e. The third-order valence-corrected chi connectivity index (χ3v) is 1.52. The minimum absolute atomic E-state index is 0.285. The molecule has 0 radical (unpaired) electrons. The summed E-state index contributed by atoms with van der Waals surface area (Å²) in [6.07, 6.45) is 4.52. The Morgan fingerprint density at radius 1 is 1.36 bits per heavy atom. The van der Waals surface area contributed by atoms with Gasteiger partial charge < -0.3 is 0 Å². The van der Waals surface area contributed by atoms with Gasteiger partial charge in [-0.05, 0) is 13.3 Å². The molecule has 1 nitrogen and oxygen atoms in total. The summed E-state index contributed by atoms with van der Waals surface area (Å²) in [5, 5.41) is 0. The van der Waals surface area contributed by atoms with Crippen molar-refractivity contribution in [3.63, 3.8) is 0 Å². The van der Waals surface area contributed by atoms with E-state index in [9.17, 15) is 4.79 Å². The third kappa shape index (κ3) is 7.12. The molecule has 0 spiro atoms. The van der Waals surface area contributed by atoms with E-state index in [-0.39, 0.29) is 5.78 Å². The highest BCUT2D eigenvalue weighted by molar-refractivity contribution is 5.80. The van der Waals surface area contributed by atoms with Gasteiger partial charge in [-0.1, -0.05) is 25.7 Å². The molecule has 0 rings (SSSR count). The average molecular weight is 152 g/mol. The lowest BCUT2D eigenvalue weighted by Crippen LogP contribution is -1.94. The van der Waals surface area contributed by atoms with Crippen molar-refractivity contribution in [2.45, 2.75) is 46.0 Å². The van der Waals surface area contributed by atoms with Crippen LogP contribution < -0.4 is 0 Å². The number of carbonyl (C=O) groups is 1. The van der Waals surface area contributed by atoms with Crippen molar-refractivity contribution in [2.24, 2.45) is 0 Å². The highest BCUT2D eigenvalue weighted by atomic mass is 16.1. The normalized spacial score (nSPS) is 8.55. The Hall–Kier alpha value is -0.770. The van der Waals surface area contributed by atoms with Crippen LogP contribution in [0.1, 0.15) is 46.0 Å². The van der Waals surface area contributed by atoms with E-state index in [1.807, 2.05) is 0 Å². The molecule has 0 aliphatic carbocycles. The van der Waals surface area contributed by atoms with Crippen LogP contribution in [0, 0.1) is 11.8 Å². The average Bonchev–Trinajstić information content (AvgIpc) is 2.01. The Balaban J connectivity index is 3.27. The molecule has 0 N–H and O–H groups in total. The molecule has 0 aliphatic heterocycles. The Labute approximate surface area is 69.2 Å². The molecule has 62 valence electrons. The topological polar surface area (TPSA) is 17.1 Å². The lowest BCUT2D eigenvalue weighted by Gasteiger charge is -1.94. The van der Waals surface area contributed by atoms with E-state index in [1.165, 1.54) is 6.42 Å². The van der Waals surface area contributed by atoms with Gasteiger partial charge in [0.15, 0.2) is 0 Å². The van der Waals surface area contributed by atoms with Crippen LogP contribution in [0.4, 0.5) is 0 Å². The molecule has 11 heavy (non-hydrogen) atoms.